The van der Waals surface area contributed by atoms with Crippen molar-refractivity contribution < 1.29 is 4.74 Å². The summed E-state index contributed by atoms with van der Waals surface area (Å²) in [4.78, 5) is 0. The Kier molecular flexibility index (Phi) is 6.88. The minimum atomic E-state index is -2.33. The molecule has 148 valence electrons. The molecule has 0 saturated carbocycles. The van der Waals surface area contributed by atoms with Crippen LogP contribution in [0, 0.1) is 0 Å². The molecule has 0 bridgehead atoms. The van der Waals surface area contributed by atoms with Crippen LogP contribution in [0.2, 0.25) is 25.7 Å². The Balaban J connectivity index is 2.14. The number of ether oxygens (including phenoxy) is 1. The van der Waals surface area contributed by atoms with Gasteiger partial charge in [-0.15, -0.1) is 0 Å². The fourth-order valence-corrected chi connectivity index (χ4v) is 9.64. The number of hydrogen-bond acceptors (Lipinski definition) is 1. The van der Waals surface area contributed by atoms with Gasteiger partial charge in [-0.3, -0.25) is 0 Å². The van der Waals surface area contributed by atoms with Gasteiger partial charge in [0.05, 0.1) is 0 Å². The Morgan fingerprint density at radius 3 is 1.36 bits per heavy atom. The molecule has 0 aliphatic heterocycles. The zero-order valence-corrected chi connectivity index (χ0v) is 19.6. The summed E-state index contributed by atoms with van der Waals surface area (Å²) in [5.41, 5.74) is 0. The molecule has 3 heteroatoms. The molecular formula is C25H33OPSi. The van der Waals surface area contributed by atoms with Crippen molar-refractivity contribution >= 4 is 31.2 Å². The first-order valence-electron chi connectivity index (χ1n) is 10.2. The molecular weight excluding hydrogens is 375 g/mol. The Morgan fingerprint density at radius 1 is 0.679 bits per heavy atom. The van der Waals surface area contributed by atoms with Crippen molar-refractivity contribution in [2.75, 3.05) is 6.61 Å². The Morgan fingerprint density at radius 2 is 1.04 bits per heavy atom. The second-order valence-electron chi connectivity index (χ2n) is 8.73. The molecule has 3 aromatic rings. The summed E-state index contributed by atoms with van der Waals surface area (Å²) >= 11 is 0. The first-order valence-corrected chi connectivity index (χ1v) is 16.0. The van der Waals surface area contributed by atoms with E-state index in [1.165, 1.54) is 22.0 Å². The normalized spacial score (nSPS) is 13.9. The average molecular weight is 409 g/mol. The third kappa shape index (κ3) is 4.63. The molecule has 0 aliphatic rings. The molecule has 0 aromatic heterocycles. The number of benzene rings is 3. The SMILES string of the molecule is CC(OCC[Si](C)(C)C)[PH](c1ccccc1)(c1ccccc1)c1ccccc1. The van der Waals surface area contributed by atoms with Crippen LogP contribution in [0.4, 0.5) is 0 Å². The standard InChI is InChI=1S/C25H33OPSi/c1-22(26-20-21-28(2,3)4)27(23-14-8-5-9-15-23,24-16-10-6-11-17-24)25-18-12-7-13-19-25/h5-19,22,27H,20-21H2,1-4H3. The van der Waals surface area contributed by atoms with Crippen LogP contribution in [0.1, 0.15) is 6.92 Å². The van der Waals surface area contributed by atoms with Crippen molar-refractivity contribution in [1.29, 1.82) is 0 Å². The van der Waals surface area contributed by atoms with E-state index in [2.05, 4.69) is 118 Å². The monoisotopic (exact) mass is 408 g/mol. The fraction of sp³-hybridized carbons (Fsp3) is 0.280. The van der Waals surface area contributed by atoms with E-state index in [9.17, 15) is 0 Å². The van der Waals surface area contributed by atoms with Crippen LogP contribution in [-0.2, 0) is 4.74 Å². The summed E-state index contributed by atoms with van der Waals surface area (Å²) in [5, 5.41) is 4.23. The van der Waals surface area contributed by atoms with Gasteiger partial charge in [0, 0.05) is 0 Å². The molecule has 1 nitrogen and oxygen atoms in total. The van der Waals surface area contributed by atoms with Gasteiger partial charge < -0.3 is 0 Å². The van der Waals surface area contributed by atoms with E-state index in [-0.39, 0.29) is 5.85 Å². The van der Waals surface area contributed by atoms with Crippen molar-refractivity contribution in [3.63, 3.8) is 0 Å². The number of hydrogen-bond donors (Lipinski definition) is 0. The van der Waals surface area contributed by atoms with Crippen molar-refractivity contribution in [2.45, 2.75) is 38.5 Å². The predicted octanol–water partition coefficient (Wildman–Crippen LogP) is 5.41. The zero-order chi connectivity index (χ0) is 20.0. The summed E-state index contributed by atoms with van der Waals surface area (Å²) in [6.45, 7) is 10.4. The molecule has 28 heavy (non-hydrogen) atoms. The summed E-state index contributed by atoms with van der Waals surface area (Å²) in [7, 11) is -3.46. The van der Waals surface area contributed by atoms with Gasteiger partial charge >= 0.3 is 172 Å². The summed E-state index contributed by atoms with van der Waals surface area (Å²) in [6.07, 6.45) is 0. The van der Waals surface area contributed by atoms with E-state index in [1.807, 2.05) is 0 Å². The maximum absolute atomic E-state index is 6.64. The van der Waals surface area contributed by atoms with Gasteiger partial charge in [-0.1, -0.05) is 0 Å². The Bertz CT molecular complexity index is 747. The number of rotatable bonds is 8. The molecule has 0 radical (unpaired) electrons. The summed E-state index contributed by atoms with van der Waals surface area (Å²) in [6, 6.07) is 34.3. The molecule has 0 amide bonds. The van der Waals surface area contributed by atoms with Gasteiger partial charge in [0.2, 0.25) is 0 Å². The maximum atomic E-state index is 6.64. The van der Waals surface area contributed by atoms with Gasteiger partial charge in [0.25, 0.3) is 0 Å². The van der Waals surface area contributed by atoms with Gasteiger partial charge in [-0.25, -0.2) is 0 Å². The Hall–Kier alpha value is -1.73. The molecule has 3 aromatic carbocycles. The average Bonchev–Trinajstić information content (AvgIpc) is 2.70. The molecule has 0 N–H and O–H groups in total. The van der Waals surface area contributed by atoms with Gasteiger partial charge in [-0.2, -0.15) is 0 Å². The first-order chi connectivity index (χ1) is 13.4. The molecule has 0 saturated heterocycles. The van der Waals surface area contributed by atoms with E-state index >= 15 is 0 Å². The molecule has 0 fully saturated rings. The third-order valence-corrected chi connectivity index (χ3v) is 12.3. The molecule has 3 rings (SSSR count). The second-order valence-corrected chi connectivity index (χ2v) is 18.5. The van der Waals surface area contributed by atoms with E-state index in [1.54, 1.807) is 0 Å². The minimum absolute atomic E-state index is 0.149. The van der Waals surface area contributed by atoms with Crippen molar-refractivity contribution in [3.05, 3.63) is 91.0 Å². The van der Waals surface area contributed by atoms with Gasteiger partial charge in [-0.05, 0) is 0 Å². The topological polar surface area (TPSA) is 9.23 Å². The van der Waals surface area contributed by atoms with Crippen LogP contribution in [0.3, 0.4) is 0 Å². The van der Waals surface area contributed by atoms with Crippen LogP contribution in [0.25, 0.3) is 0 Å². The van der Waals surface area contributed by atoms with Crippen LogP contribution < -0.4 is 15.9 Å². The summed E-state index contributed by atoms with van der Waals surface area (Å²) < 4.78 is 6.64. The quantitative estimate of drug-likeness (QED) is 0.357. The zero-order valence-electron chi connectivity index (χ0n) is 17.6. The Labute approximate surface area is 172 Å². The van der Waals surface area contributed by atoms with E-state index in [0.29, 0.717) is 0 Å². The van der Waals surface area contributed by atoms with E-state index in [0.717, 1.165) is 6.61 Å². The van der Waals surface area contributed by atoms with Crippen LogP contribution in [0.15, 0.2) is 91.0 Å². The first kappa shape index (κ1) is 21.0. The van der Waals surface area contributed by atoms with Crippen molar-refractivity contribution in [3.8, 4) is 0 Å². The van der Waals surface area contributed by atoms with Crippen LogP contribution >= 0.6 is 7.26 Å². The molecule has 1 unspecified atom stereocenters. The predicted molar refractivity (Wildman–Crippen MR) is 130 cm³/mol. The van der Waals surface area contributed by atoms with E-state index < -0.39 is 15.3 Å². The van der Waals surface area contributed by atoms with E-state index in [4.69, 9.17) is 4.74 Å². The fourth-order valence-electron chi connectivity index (χ4n) is 3.97. The van der Waals surface area contributed by atoms with Crippen LogP contribution in [-0.4, -0.2) is 20.5 Å². The second kappa shape index (κ2) is 9.18. The van der Waals surface area contributed by atoms with Crippen molar-refractivity contribution in [2.24, 2.45) is 0 Å². The molecule has 1 atom stereocenters. The molecule has 0 spiro atoms. The molecule has 0 heterocycles. The molecule has 0 aliphatic carbocycles. The van der Waals surface area contributed by atoms with Gasteiger partial charge in [0.15, 0.2) is 0 Å². The third-order valence-electron chi connectivity index (χ3n) is 5.52. The summed E-state index contributed by atoms with van der Waals surface area (Å²) in [5.74, 6) is 0.149. The van der Waals surface area contributed by atoms with Crippen molar-refractivity contribution in [1.82, 2.24) is 0 Å². The van der Waals surface area contributed by atoms with Crippen LogP contribution in [0.5, 0.6) is 0 Å². The van der Waals surface area contributed by atoms with Gasteiger partial charge in [0.1, 0.15) is 0 Å².